The van der Waals surface area contributed by atoms with Gasteiger partial charge >= 0.3 is 59.1 Å². The zero-order valence-corrected chi connectivity index (χ0v) is 33.2. The van der Waals surface area contributed by atoms with Gasteiger partial charge in [-0.2, -0.15) is 0 Å². The second-order valence-electron chi connectivity index (χ2n) is 8.13. The minimum atomic E-state index is -5.13. The number of benzene rings is 2. The smallest absolute Gasteiger partial charge is 0.744 e. The number of aromatic nitrogens is 4. The average Bonchev–Trinajstić information content (AvgIpc) is 2.95. The molecule has 2 aromatic heterocycles. The monoisotopic (exact) mass is 728 g/mol. The molecule has 0 unspecified atom stereocenters. The first kappa shape index (κ1) is 39.6. The van der Waals surface area contributed by atoms with Crippen LogP contribution in [-0.4, -0.2) is 70.9 Å². The summed E-state index contributed by atoms with van der Waals surface area (Å²) < 4.78 is 74.0. The Labute approximate surface area is 317 Å². The van der Waals surface area contributed by atoms with E-state index in [4.69, 9.17) is 0 Å². The van der Waals surface area contributed by atoms with E-state index in [1.807, 2.05) is 25.0 Å². The molecule has 20 heteroatoms. The van der Waals surface area contributed by atoms with E-state index in [-0.39, 0.29) is 93.5 Å². The average molecular weight is 729 g/mol. The minimum Gasteiger partial charge on any atom is -0.744 e. The molecule has 2 N–H and O–H groups in total. The summed E-state index contributed by atoms with van der Waals surface area (Å²) in [5, 5.41) is 8.43. The van der Waals surface area contributed by atoms with Crippen LogP contribution in [-0.2, 0) is 20.2 Å². The molecule has 4 rings (SSSR count). The number of rotatable bonds is 11. The van der Waals surface area contributed by atoms with Crippen molar-refractivity contribution in [1.29, 1.82) is 0 Å². The first-order chi connectivity index (χ1) is 19.8. The fraction of sp³-hybridized carbons (Fsp3) is 0.167. The first-order valence-corrected chi connectivity index (χ1v) is 19.2. The van der Waals surface area contributed by atoms with Crippen molar-refractivity contribution in [2.24, 2.45) is 0 Å². The normalized spacial score (nSPS) is 11.3. The zero-order valence-electron chi connectivity index (χ0n) is 24.3. The number of nitrogens with zero attached hydrogens (tertiary/aromatic N) is 4. The van der Waals surface area contributed by atoms with Gasteiger partial charge in [0.1, 0.15) is 40.3 Å². The molecule has 0 saturated carbocycles. The summed E-state index contributed by atoms with van der Waals surface area (Å²) >= 11 is 5.55. The van der Waals surface area contributed by atoms with Gasteiger partial charge in [-0.05, 0) is 49.3 Å². The van der Waals surface area contributed by atoms with E-state index in [1.165, 1.54) is 71.3 Å². The van der Waals surface area contributed by atoms with E-state index >= 15 is 0 Å². The van der Waals surface area contributed by atoms with Gasteiger partial charge in [-0.3, -0.25) is 0 Å². The number of hydrogen-bond donors (Lipinski definition) is 2. The summed E-state index contributed by atoms with van der Waals surface area (Å²) in [6.45, 7) is 0. The van der Waals surface area contributed by atoms with Crippen molar-refractivity contribution in [3.8, 4) is 11.1 Å². The van der Waals surface area contributed by atoms with E-state index in [0.29, 0.717) is 20.1 Å². The molecule has 0 atom stereocenters. The fourth-order valence-electron chi connectivity index (χ4n) is 3.66. The van der Waals surface area contributed by atoms with E-state index in [1.54, 1.807) is 12.1 Å². The molecule has 0 saturated heterocycles. The summed E-state index contributed by atoms with van der Waals surface area (Å²) in [4.78, 5) is 15.9. The van der Waals surface area contributed by atoms with Crippen LogP contribution < -0.4 is 69.7 Å². The van der Waals surface area contributed by atoms with E-state index in [9.17, 15) is 25.9 Å². The van der Waals surface area contributed by atoms with E-state index in [0.717, 1.165) is 12.1 Å². The molecule has 0 bridgehead atoms. The van der Waals surface area contributed by atoms with Gasteiger partial charge in [0.15, 0.2) is 0 Å². The maximum atomic E-state index is 12.3. The van der Waals surface area contributed by atoms with Gasteiger partial charge in [-0.1, -0.05) is 12.1 Å². The van der Waals surface area contributed by atoms with Gasteiger partial charge in [0, 0.05) is 34.6 Å². The minimum absolute atomic E-state index is 0. The van der Waals surface area contributed by atoms with Crippen LogP contribution in [0.15, 0.2) is 78.4 Å². The summed E-state index contributed by atoms with van der Waals surface area (Å²) in [5.41, 5.74) is -0.187. The van der Waals surface area contributed by atoms with Crippen molar-refractivity contribution in [3.63, 3.8) is 0 Å². The van der Waals surface area contributed by atoms with Gasteiger partial charge in [-0.15, -0.1) is 47.0 Å². The Bertz CT molecular complexity index is 1690. The van der Waals surface area contributed by atoms with Crippen molar-refractivity contribution >= 4 is 90.6 Å². The van der Waals surface area contributed by atoms with E-state index in [2.05, 4.69) is 30.6 Å². The van der Waals surface area contributed by atoms with Crippen molar-refractivity contribution in [3.05, 3.63) is 48.5 Å². The molecule has 12 nitrogen and oxygen atoms in total. The SMILES string of the molecule is CSc1cc(SC)nc(Nc2ccc(-c3ccc(Nc4nc(SC)cc(SC)n4)cc3S(=O)(=O)[O-])c(S(=O)(=O)[O-])c2)n1.[Na+].[Na+]. The quantitative estimate of drug-likeness (QED) is 0.0838. The molecular weight excluding hydrogens is 707 g/mol. The van der Waals surface area contributed by atoms with Crippen LogP contribution in [0.5, 0.6) is 0 Å². The largest absolute Gasteiger partial charge is 1.00 e. The van der Waals surface area contributed by atoms with Crippen molar-refractivity contribution in [2.45, 2.75) is 29.9 Å². The van der Waals surface area contributed by atoms with Gasteiger partial charge in [0.2, 0.25) is 11.9 Å². The third kappa shape index (κ3) is 10.2. The van der Waals surface area contributed by atoms with Crippen LogP contribution in [0.4, 0.5) is 23.3 Å². The third-order valence-corrected chi connectivity index (χ3v) is 9.76. The zero-order chi connectivity index (χ0) is 30.7. The van der Waals surface area contributed by atoms with Crippen molar-refractivity contribution < 1.29 is 85.1 Å². The molecule has 44 heavy (non-hydrogen) atoms. The Hall–Kier alpha value is -0.580. The first-order valence-electron chi connectivity index (χ1n) is 11.5. The van der Waals surface area contributed by atoms with Crippen LogP contribution in [0.3, 0.4) is 0 Å². The van der Waals surface area contributed by atoms with Gasteiger partial charge in [-0.25, -0.2) is 36.8 Å². The van der Waals surface area contributed by atoms with Gasteiger partial charge < -0.3 is 19.7 Å². The van der Waals surface area contributed by atoms with Crippen LogP contribution in [0.1, 0.15) is 0 Å². The predicted octanol–water partition coefficient (Wildman–Crippen LogP) is -0.875. The summed E-state index contributed by atoms with van der Waals surface area (Å²) in [6.07, 6.45) is 7.35. The molecule has 0 aliphatic rings. The maximum Gasteiger partial charge on any atom is 1.00 e. The molecular formula is C24H22N6Na2O6S6. The second-order valence-corrected chi connectivity index (χ2v) is 14.1. The molecule has 222 valence electrons. The van der Waals surface area contributed by atoms with Crippen LogP contribution in [0.2, 0.25) is 0 Å². The van der Waals surface area contributed by atoms with Crippen molar-refractivity contribution in [2.75, 3.05) is 35.7 Å². The van der Waals surface area contributed by atoms with Crippen LogP contribution >= 0.6 is 47.0 Å². The van der Waals surface area contributed by atoms with Gasteiger partial charge in [0.25, 0.3) is 0 Å². The maximum absolute atomic E-state index is 12.3. The Kier molecular flexibility index (Phi) is 15.3. The number of nitrogens with one attached hydrogen (secondary N) is 2. The predicted molar refractivity (Wildman–Crippen MR) is 166 cm³/mol. The molecule has 2 aromatic carbocycles. The number of hydrogen-bond acceptors (Lipinski definition) is 16. The molecule has 4 aromatic rings. The topological polar surface area (TPSA) is 190 Å². The standard InChI is InChI=1S/C24H24N6O6S6.2Na/c1-37-19-11-20(38-2)28-23(27-19)25-13-5-7-15(17(9-13)41(31,32)33)16-8-6-14(10-18(16)42(34,35)36)26-24-29-21(39-3)12-22(30-24)40-4;;/h5-12H,1-4H3,(H,25,27,28)(H,26,29,30)(H,31,32,33)(H,34,35,36);;/q;2*+1/p-2. The molecule has 0 spiro atoms. The Morgan fingerprint density at radius 1 is 0.545 bits per heavy atom. The number of thioether (sulfide) groups is 4. The Balaban J connectivity index is 0.00000337. The van der Waals surface area contributed by atoms with Crippen molar-refractivity contribution in [1.82, 2.24) is 19.9 Å². The molecule has 0 aliphatic heterocycles. The van der Waals surface area contributed by atoms with Gasteiger partial charge in [0.05, 0.1) is 9.79 Å². The fourth-order valence-corrected chi connectivity index (χ4v) is 6.87. The number of anilines is 4. The summed E-state index contributed by atoms with van der Waals surface area (Å²) in [5.74, 6) is 0.340. The molecule has 0 radical (unpaired) electrons. The Morgan fingerprint density at radius 2 is 0.841 bits per heavy atom. The summed E-state index contributed by atoms with van der Waals surface area (Å²) in [7, 11) is -10.3. The second kappa shape index (κ2) is 17.0. The Morgan fingerprint density at radius 3 is 1.09 bits per heavy atom. The summed E-state index contributed by atoms with van der Waals surface area (Å²) in [6, 6.07) is 11.0. The molecule has 0 aliphatic carbocycles. The van der Waals surface area contributed by atoms with E-state index < -0.39 is 30.0 Å². The van der Waals surface area contributed by atoms with Crippen LogP contribution in [0, 0.1) is 0 Å². The molecule has 0 fully saturated rings. The third-order valence-electron chi connectivity index (χ3n) is 5.50. The van der Waals surface area contributed by atoms with Crippen LogP contribution in [0.25, 0.3) is 11.1 Å². The molecule has 2 heterocycles. The molecule has 0 amide bonds.